The van der Waals surface area contributed by atoms with E-state index >= 15 is 0 Å². The Hall–Kier alpha value is -0.420. The van der Waals surface area contributed by atoms with Crippen LogP contribution < -0.4 is 11.1 Å². The van der Waals surface area contributed by atoms with Gasteiger partial charge in [0.1, 0.15) is 5.75 Å². The van der Waals surface area contributed by atoms with E-state index in [2.05, 4.69) is 19.2 Å². The predicted molar refractivity (Wildman–Crippen MR) is 73.2 cm³/mol. The Morgan fingerprint density at radius 3 is 2.53 bits per heavy atom. The van der Waals surface area contributed by atoms with Crippen molar-refractivity contribution in [2.24, 2.45) is 11.1 Å². The predicted octanol–water partition coefficient (Wildman–Crippen LogP) is 1.03. The summed E-state index contributed by atoms with van der Waals surface area (Å²) in [5, 5.41) is 2.65. The second-order valence-corrected chi connectivity index (χ2v) is 6.64. The molecule has 1 atom stereocenters. The van der Waals surface area contributed by atoms with Gasteiger partial charge in [0, 0.05) is 23.1 Å². The first-order chi connectivity index (χ1) is 7.91. The van der Waals surface area contributed by atoms with Crippen LogP contribution in [-0.2, 0) is 15.6 Å². The zero-order chi connectivity index (χ0) is 13.3. The van der Waals surface area contributed by atoms with Gasteiger partial charge in [0.15, 0.2) is 0 Å². The summed E-state index contributed by atoms with van der Waals surface area (Å²) in [6.45, 7) is 7.41. The Morgan fingerprint density at radius 2 is 2.00 bits per heavy atom. The maximum absolute atomic E-state index is 11.5. The van der Waals surface area contributed by atoms with Crippen LogP contribution in [0.25, 0.3) is 0 Å². The Morgan fingerprint density at radius 1 is 1.35 bits per heavy atom. The molecule has 102 valence electrons. The topological polar surface area (TPSA) is 72.2 Å². The van der Waals surface area contributed by atoms with E-state index in [1.54, 1.807) is 0 Å². The Bertz CT molecular complexity index is 255. The number of hydrogen-bond donors (Lipinski definition) is 2. The Kier molecular flexibility index (Phi) is 8.43. The van der Waals surface area contributed by atoms with E-state index in [-0.39, 0.29) is 17.1 Å². The minimum Gasteiger partial charge on any atom is -0.356 e. The summed E-state index contributed by atoms with van der Waals surface area (Å²) in [7, 11) is -1.03. The van der Waals surface area contributed by atoms with Gasteiger partial charge in [-0.3, -0.25) is 9.00 Å². The maximum Gasteiger partial charge on any atom is 0.232 e. The highest BCUT2D eigenvalue weighted by Crippen LogP contribution is 2.21. The molecule has 0 aromatic heterocycles. The number of carbonyl (C=O) groups excluding carboxylic acids is 1. The molecule has 0 spiro atoms. The molecule has 0 aromatic carbocycles. The van der Waals surface area contributed by atoms with E-state index in [9.17, 15) is 9.00 Å². The van der Waals surface area contributed by atoms with Gasteiger partial charge in [0.25, 0.3) is 0 Å². The molecule has 3 N–H and O–H groups in total. The number of nitrogens with one attached hydrogen (secondary N) is 1. The molecule has 0 rings (SSSR count). The van der Waals surface area contributed by atoms with Crippen LogP contribution in [0.5, 0.6) is 0 Å². The fourth-order valence-corrected chi connectivity index (χ4v) is 2.50. The zero-order valence-electron chi connectivity index (χ0n) is 11.3. The number of hydrogen-bond acceptors (Lipinski definition) is 3. The molecule has 0 heterocycles. The van der Waals surface area contributed by atoms with Crippen molar-refractivity contribution in [2.45, 2.75) is 40.0 Å². The lowest BCUT2D eigenvalue weighted by atomic mass is 9.88. The van der Waals surface area contributed by atoms with E-state index in [0.717, 1.165) is 19.3 Å². The van der Waals surface area contributed by atoms with Crippen LogP contribution in [0.2, 0.25) is 0 Å². The zero-order valence-corrected chi connectivity index (χ0v) is 12.1. The van der Waals surface area contributed by atoms with Crippen LogP contribution in [0.3, 0.4) is 0 Å². The maximum atomic E-state index is 11.5. The Labute approximate surface area is 107 Å². The van der Waals surface area contributed by atoms with Gasteiger partial charge in [0.05, 0.1) is 0 Å². The van der Waals surface area contributed by atoms with E-state index < -0.39 is 10.8 Å². The number of amides is 1. The van der Waals surface area contributed by atoms with Crippen LogP contribution in [0.15, 0.2) is 0 Å². The average Bonchev–Trinajstić information content (AvgIpc) is 2.25. The third kappa shape index (κ3) is 9.30. The lowest BCUT2D eigenvalue weighted by Gasteiger charge is -2.21. The standard InChI is InChI=1S/C12H26N2O2S/c1-4-14-11(15)9-17(16)8-6-5-7-12(2,3)10-13/h4-10,13H2,1-3H3,(H,14,15). The van der Waals surface area contributed by atoms with Gasteiger partial charge in [-0.25, -0.2) is 0 Å². The number of unbranched alkanes of at least 4 members (excludes halogenated alkanes) is 1. The van der Waals surface area contributed by atoms with E-state index in [0.29, 0.717) is 18.8 Å². The van der Waals surface area contributed by atoms with Crippen LogP contribution in [-0.4, -0.2) is 34.7 Å². The molecule has 5 heteroatoms. The molecule has 4 nitrogen and oxygen atoms in total. The van der Waals surface area contributed by atoms with Crippen molar-refractivity contribution >= 4 is 16.7 Å². The fourth-order valence-electron chi connectivity index (χ4n) is 1.44. The highest BCUT2D eigenvalue weighted by atomic mass is 32.2. The number of rotatable bonds is 9. The smallest absolute Gasteiger partial charge is 0.232 e. The summed E-state index contributed by atoms with van der Waals surface area (Å²) in [4.78, 5) is 11.2. The third-order valence-electron chi connectivity index (χ3n) is 2.69. The lowest BCUT2D eigenvalue weighted by molar-refractivity contribution is -0.118. The highest BCUT2D eigenvalue weighted by Gasteiger charge is 2.15. The van der Waals surface area contributed by atoms with Crippen molar-refractivity contribution in [1.82, 2.24) is 5.32 Å². The molecule has 1 amide bonds. The summed E-state index contributed by atoms with van der Waals surface area (Å²) in [5.74, 6) is 0.624. The molecule has 0 bridgehead atoms. The van der Waals surface area contributed by atoms with E-state index in [4.69, 9.17) is 5.73 Å². The van der Waals surface area contributed by atoms with Gasteiger partial charge in [0.2, 0.25) is 5.91 Å². The van der Waals surface area contributed by atoms with Gasteiger partial charge in [-0.1, -0.05) is 20.3 Å². The second-order valence-electron chi connectivity index (χ2n) is 5.07. The van der Waals surface area contributed by atoms with E-state index in [1.807, 2.05) is 6.92 Å². The van der Waals surface area contributed by atoms with Gasteiger partial charge in [-0.15, -0.1) is 0 Å². The molecule has 0 saturated heterocycles. The summed E-state index contributed by atoms with van der Waals surface area (Å²) in [5.41, 5.74) is 5.80. The largest absolute Gasteiger partial charge is 0.356 e. The summed E-state index contributed by atoms with van der Waals surface area (Å²) in [6, 6.07) is 0. The van der Waals surface area contributed by atoms with Crippen molar-refractivity contribution in [1.29, 1.82) is 0 Å². The van der Waals surface area contributed by atoms with Crippen molar-refractivity contribution in [3.05, 3.63) is 0 Å². The molecule has 0 aliphatic carbocycles. The highest BCUT2D eigenvalue weighted by molar-refractivity contribution is 7.85. The normalized spacial score (nSPS) is 13.4. The minimum absolute atomic E-state index is 0.117. The Balaban J connectivity index is 3.62. The molecule has 0 saturated carbocycles. The van der Waals surface area contributed by atoms with Crippen molar-refractivity contribution < 1.29 is 9.00 Å². The monoisotopic (exact) mass is 262 g/mol. The van der Waals surface area contributed by atoms with Crippen LogP contribution in [0.1, 0.15) is 40.0 Å². The van der Waals surface area contributed by atoms with Crippen LogP contribution >= 0.6 is 0 Å². The first-order valence-electron chi connectivity index (χ1n) is 6.23. The van der Waals surface area contributed by atoms with Gasteiger partial charge in [-0.05, 0) is 31.7 Å². The summed E-state index contributed by atoms with van der Waals surface area (Å²) in [6.07, 6.45) is 2.96. The van der Waals surface area contributed by atoms with Crippen molar-refractivity contribution in [3.63, 3.8) is 0 Å². The number of carbonyl (C=O) groups is 1. The molecule has 0 aliphatic rings. The van der Waals surface area contributed by atoms with Gasteiger partial charge in [-0.2, -0.15) is 0 Å². The molecule has 1 unspecified atom stereocenters. The number of nitrogens with two attached hydrogens (primary N) is 1. The summed E-state index contributed by atoms with van der Waals surface area (Å²) < 4.78 is 11.5. The minimum atomic E-state index is -1.03. The molecule has 17 heavy (non-hydrogen) atoms. The molecule has 0 fully saturated rings. The molecule has 0 radical (unpaired) electrons. The fraction of sp³-hybridized carbons (Fsp3) is 0.917. The van der Waals surface area contributed by atoms with Gasteiger partial charge >= 0.3 is 0 Å². The summed E-state index contributed by atoms with van der Waals surface area (Å²) >= 11 is 0. The SMILES string of the molecule is CCNC(=O)CS(=O)CCCCC(C)(C)CN. The van der Waals surface area contributed by atoms with Crippen molar-refractivity contribution in [2.75, 3.05) is 24.6 Å². The van der Waals surface area contributed by atoms with Crippen LogP contribution in [0, 0.1) is 5.41 Å². The first kappa shape index (κ1) is 16.6. The third-order valence-corrected chi connectivity index (χ3v) is 4.02. The molecular weight excluding hydrogens is 236 g/mol. The second kappa shape index (κ2) is 8.64. The van der Waals surface area contributed by atoms with Crippen LogP contribution in [0.4, 0.5) is 0 Å². The van der Waals surface area contributed by atoms with E-state index in [1.165, 1.54) is 0 Å². The lowest BCUT2D eigenvalue weighted by Crippen LogP contribution is -2.28. The molecule has 0 aliphatic heterocycles. The average molecular weight is 262 g/mol. The molecule has 0 aromatic rings. The quantitative estimate of drug-likeness (QED) is 0.610. The van der Waals surface area contributed by atoms with Gasteiger partial charge < -0.3 is 11.1 Å². The first-order valence-corrected chi connectivity index (χ1v) is 7.72. The molecular formula is C12H26N2O2S. The van der Waals surface area contributed by atoms with Crippen molar-refractivity contribution in [3.8, 4) is 0 Å².